The summed E-state index contributed by atoms with van der Waals surface area (Å²) in [5, 5.41) is 31.1. The lowest BCUT2D eigenvalue weighted by Gasteiger charge is -2.20. The summed E-state index contributed by atoms with van der Waals surface area (Å²) in [5.41, 5.74) is 3.69. The van der Waals surface area contributed by atoms with Gasteiger partial charge in [0.1, 0.15) is 9.36 Å². The second kappa shape index (κ2) is 7.27. The molecule has 3 aromatic carbocycles. The zero-order valence-electron chi connectivity index (χ0n) is 15.4. The van der Waals surface area contributed by atoms with E-state index in [2.05, 4.69) is 4.98 Å². The number of aromatic nitrogens is 1. The molecule has 4 rings (SSSR count). The number of alkyl halides is 1. The van der Waals surface area contributed by atoms with Crippen LogP contribution >= 0.6 is 22.6 Å². The summed E-state index contributed by atoms with van der Waals surface area (Å²) in [5.74, 6) is -0.996. The minimum absolute atomic E-state index is 0.166. The molecule has 1 heterocycles. The number of aromatic hydroxyl groups is 2. The maximum Gasteiger partial charge on any atom is 0.165 e. The van der Waals surface area contributed by atoms with Gasteiger partial charge >= 0.3 is 0 Å². The molecule has 29 heavy (non-hydrogen) atoms. The zero-order chi connectivity index (χ0) is 20.8. The Morgan fingerprint density at radius 2 is 1.62 bits per heavy atom. The summed E-state index contributed by atoms with van der Waals surface area (Å²) in [4.78, 5) is 4.62. The summed E-state index contributed by atoms with van der Waals surface area (Å²) in [6, 6.07) is 18.4. The van der Waals surface area contributed by atoms with E-state index >= 15 is 0 Å². The van der Waals surface area contributed by atoms with Crippen LogP contribution in [0, 0.1) is 5.82 Å². The molecule has 6 heteroatoms. The fourth-order valence-electron chi connectivity index (χ4n) is 3.30. The molecule has 4 nitrogen and oxygen atoms in total. The second-order valence-corrected chi connectivity index (χ2v) is 9.02. The Hall–Kier alpha value is -2.71. The van der Waals surface area contributed by atoms with Gasteiger partial charge in [-0.15, -0.1) is 0 Å². The van der Waals surface area contributed by atoms with Gasteiger partial charge in [-0.3, -0.25) is 0 Å². The molecule has 0 fully saturated rings. The Bertz CT molecular complexity index is 1230. The Labute approximate surface area is 180 Å². The van der Waals surface area contributed by atoms with E-state index in [1.54, 1.807) is 31.2 Å². The molecule has 0 saturated carbocycles. The molecule has 0 aliphatic rings. The van der Waals surface area contributed by atoms with Gasteiger partial charge in [0, 0.05) is 22.1 Å². The number of phenolic OH excluding ortho intramolecular Hbond substituents is 2. The molecule has 0 spiro atoms. The quantitative estimate of drug-likeness (QED) is 0.248. The molecule has 0 aliphatic heterocycles. The van der Waals surface area contributed by atoms with Crippen molar-refractivity contribution in [2.24, 2.45) is 0 Å². The van der Waals surface area contributed by atoms with Crippen molar-refractivity contribution in [3.05, 3.63) is 78.1 Å². The SMILES string of the molecule is CC(O)(I)c1cc(-c2ccc(O)c(F)c2)nc2ccc(-c3ccccc3O)cc12. The smallest absolute Gasteiger partial charge is 0.165 e. The van der Waals surface area contributed by atoms with Crippen LogP contribution in [0.3, 0.4) is 0 Å². The molecular formula is C23H17FINO3. The summed E-state index contributed by atoms with van der Waals surface area (Å²) in [6.07, 6.45) is 0. The monoisotopic (exact) mass is 501 g/mol. The maximum absolute atomic E-state index is 13.8. The van der Waals surface area contributed by atoms with Gasteiger partial charge < -0.3 is 15.3 Å². The molecule has 1 unspecified atom stereocenters. The Balaban J connectivity index is 1.96. The van der Waals surface area contributed by atoms with Crippen LogP contribution in [0.5, 0.6) is 11.5 Å². The van der Waals surface area contributed by atoms with Crippen molar-refractivity contribution in [2.75, 3.05) is 0 Å². The Morgan fingerprint density at radius 1 is 0.897 bits per heavy atom. The van der Waals surface area contributed by atoms with Crippen LogP contribution in [-0.4, -0.2) is 20.3 Å². The maximum atomic E-state index is 13.8. The van der Waals surface area contributed by atoms with Crippen LogP contribution in [0.15, 0.2) is 66.7 Å². The van der Waals surface area contributed by atoms with Crippen molar-refractivity contribution in [3.8, 4) is 33.9 Å². The molecule has 1 aromatic heterocycles. The third kappa shape index (κ3) is 3.77. The molecule has 0 bridgehead atoms. The highest BCUT2D eigenvalue weighted by atomic mass is 127. The molecule has 0 radical (unpaired) electrons. The predicted octanol–water partition coefficient (Wildman–Crippen LogP) is 5.72. The molecule has 0 aliphatic carbocycles. The van der Waals surface area contributed by atoms with Crippen LogP contribution in [0.4, 0.5) is 4.39 Å². The van der Waals surface area contributed by atoms with E-state index < -0.39 is 15.2 Å². The van der Waals surface area contributed by atoms with E-state index in [1.165, 1.54) is 12.1 Å². The first-order valence-corrected chi connectivity index (χ1v) is 9.96. The minimum Gasteiger partial charge on any atom is -0.507 e. The van der Waals surface area contributed by atoms with Crippen LogP contribution in [0.2, 0.25) is 0 Å². The molecule has 0 amide bonds. The van der Waals surface area contributed by atoms with E-state index in [9.17, 15) is 19.7 Å². The van der Waals surface area contributed by atoms with Crippen LogP contribution in [0.1, 0.15) is 12.5 Å². The standard InChI is InChI=1S/C23H17FINO3/c1-23(25,29)17-12-20(14-7-9-22(28)18(24)11-14)26-19-8-6-13(10-16(17)19)15-4-2-3-5-21(15)27/h2-12,27-29H,1H3. The van der Waals surface area contributed by atoms with Gasteiger partial charge in [-0.2, -0.15) is 0 Å². The van der Waals surface area contributed by atoms with Gasteiger partial charge in [0.05, 0.1) is 11.2 Å². The number of hydrogen-bond donors (Lipinski definition) is 3. The number of nitrogens with zero attached hydrogens (tertiary/aromatic N) is 1. The largest absolute Gasteiger partial charge is 0.507 e. The number of fused-ring (bicyclic) bond motifs is 1. The van der Waals surface area contributed by atoms with E-state index in [-0.39, 0.29) is 5.75 Å². The lowest BCUT2D eigenvalue weighted by Crippen LogP contribution is -2.12. The summed E-state index contributed by atoms with van der Waals surface area (Å²) >= 11 is 1.94. The van der Waals surface area contributed by atoms with Crippen LogP contribution in [-0.2, 0) is 3.61 Å². The third-order valence-corrected chi connectivity index (χ3v) is 5.34. The van der Waals surface area contributed by atoms with Crippen LogP contribution in [0.25, 0.3) is 33.3 Å². The number of hydrogen-bond acceptors (Lipinski definition) is 4. The number of halogens is 2. The number of para-hydroxylation sites is 1. The van der Waals surface area contributed by atoms with E-state index in [4.69, 9.17) is 0 Å². The minimum atomic E-state index is -1.21. The highest BCUT2D eigenvalue weighted by Crippen LogP contribution is 2.39. The fraction of sp³-hybridized carbons (Fsp3) is 0.0870. The van der Waals surface area contributed by atoms with Crippen LogP contribution < -0.4 is 0 Å². The average molecular weight is 501 g/mol. The van der Waals surface area contributed by atoms with Crippen molar-refractivity contribution >= 4 is 33.5 Å². The molecule has 146 valence electrons. The highest BCUT2D eigenvalue weighted by molar-refractivity contribution is 14.1. The first-order chi connectivity index (χ1) is 13.7. The lowest BCUT2D eigenvalue weighted by molar-refractivity contribution is 0.180. The van der Waals surface area contributed by atoms with E-state index in [1.807, 2.05) is 52.9 Å². The number of pyridine rings is 1. The van der Waals surface area contributed by atoms with Crippen molar-refractivity contribution in [2.45, 2.75) is 10.5 Å². The van der Waals surface area contributed by atoms with Gasteiger partial charge in [-0.05, 0) is 77.5 Å². The number of rotatable bonds is 3. The normalized spacial score (nSPS) is 13.4. The number of phenols is 2. The Morgan fingerprint density at radius 3 is 2.31 bits per heavy atom. The van der Waals surface area contributed by atoms with E-state index in [0.717, 1.165) is 10.9 Å². The molecule has 3 N–H and O–H groups in total. The number of benzene rings is 3. The lowest BCUT2D eigenvalue weighted by atomic mass is 9.96. The molecule has 0 saturated heterocycles. The summed E-state index contributed by atoms with van der Waals surface area (Å²) < 4.78 is 12.6. The highest BCUT2D eigenvalue weighted by Gasteiger charge is 2.23. The third-order valence-electron chi connectivity index (χ3n) is 4.76. The first kappa shape index (κ1) is 19.6. The van der Waals surface area contributed by atoms with Crippen molar-refractivity contribution in [1.82, 2.24) is 4.98 Å². The number of aliphatic hydroxyl groups is 1. The fourth-order valence-corrected chi connectivity index (χ4v) is 3.75. The molecular weight excluding hydrogens is 484 g/mol. The van der Waals surface area contributed by atoms with Crippen molar-refractivity contribution in [3.63, 3.8) is 0 Å². The van der Waals surface area contributed by atoms with Crippen molar-refractivity contribution < 1.29 is 19.7 Å². The zero-order valence-corrected chi connectivity index (χ0v) is 17.6. The predicted molar refractivity (Wildman–Crippen MR) is 119 cm³/mol. The van der Waals surface area contributed by atoms with Crippen molar-refractivity contribution in [1.29, 1.82) is 0 Å². The van der Waals surface area contributed by atoms with Gasteiger partial charge in [0.2, 0.25) is 0 Å². The molecule has 4 aromatic rings. The first-order valence-electron chi connectivity index (χ1n) is 8.88. The Kier molecular flexibility index (Phi) is 4.92. The van der Waals surface area contributed by atoms with E-state index in [0.29, 0.717) is 27.9 Å². The average Bonchev–Trinajstić information content (AvgIpc) is 2.68. The molecule has 1 atom stereocenters. The summed E-state index contributed by atoms with van der Waals surface area (Å²) in [7, 11) is 0. The summed E-state index contributed by atoms with van der Waals surface area (Å²) in [6.45, 7) is 1.66. The van der Waals surface area contributed by atoms with Gasteiger partial charge in [0.15, 0.2) is 11.6 Å². The van der Waals surface area contributed by atoms with Gasteiger partial charge in [-0.25, -0.2) is 9.37 Å². The van der Waals surface area contributed by atoms with Gasteiger partial charge in [-0.1, -0.05) is 24.3 Å². The second-order valence-electron chi connectivity index (χ2n) is 6.92. The van der Waals surface area contributed by atoms with Gasteiger partial charge in [0.25, 0.3) is 0 Å². The topological polar surface area (TPSA) is 73.6 Å².